The molecule has 27 heavy (non-hydrogen) atoms. The normalized spacial score (nSPS) is 10.6. The number of nitrogens with one attached hydrogen (secondary N) is 1. The summed E-state index contributed by atoms with van der Waals surface area (Å²) in [7, 11) is 0. The number of rotatable bonds is 6. The van der Waals surface area contributed by atoms with Gasteiger partial charge in [0.25, 0.3) is 5.56 Å². The Kier molecular flexibility index (Phi) is 5.61. The van der Waals surface area contributed by atoms with Gasteiger partial charge in [-0.05, 0) is 29.7 Å². The third-order valence-corrected chi connectivity index (χ3v) is 4.26. The lowest BCUT2D eigenvalue weighted by Crippen LogP contribution is -2.43. The zero-order valence-corrected chi connectivity index (χ0v) is 15.0. The number of carbonyl (C=O) groups is 1. The van der Waals surface area contributed by atoms with Crippen LogP contribution in [-0.4, -0.2) is 20.0 Å². The van der Waals surface area contributed by atoms with Crippen molar-refractivity contribution in [2.75, 3.05) is 0 Å². The minimum Gasteiger partial charge on any atom is -0.350 e. The van der Waals surface area contributed by atoms with Gasteiger partial charge in [0, 0.05) is 31.2 Å². The van der Waals surface area contributed by atoms with Gasteiger partial charge in [0.15, 0.2) is 0 Å². The van der Waals surface area contributed by atoms with Crippen molar-refractivity contribution in [1.82, 2.24) is 19.4 Å². The number of aromatic nitrogens is 3. The van der Waals surface area contributed by atoms with Gasteiger partial charge >= 0.3 is 5.69 Å². The summed E-state index contributed by atoms with van der Waals surface area (Å²) < 4.78 is 2.37. The molecule has 138 valence electrons. The molecule has 0 spiro atoms. The Morgan fingerprint density at radius 1 is 1.11 bits per heavy atom. The van der Waals surface area contributed by atoms with E-state index in [4.69, 9.17) is 0 Å². The predicted molar refractivity (Wildman–Crippen MR) is 101 cm³/mol. The van der Waals surface area contributed by atoms with Crippen molar-refractivity contribution in [2.45, 2.75) is 26.6 Å². The lowest BCUT2D eigenvalue weighted by Gasteiger charge is -2.11. The van der Waals surface area contributed by atoms with Gasteiger partial charge in [0.05, 0.1) is 6.54 Å². The molecule has 3 aromatic rings. The van der Waals surface area contributed by atoms with Crippen molar-refractivity contribution in [3.05, 3.63) is 98.6 Å². The van der Waals surface area contributed by atoms with Crippen molar-refractivity contribution >= 4 is 5.91 Å². The van der Waals surface area contributed by atoms with E-state index in [0.29, 0.717) is 6.54 Å². The molecule has 0 atom stereocenters. The van der Waals surface area contributed by atoms with E-state index in [2.05, 4.69) is 10.3 Å². The molecule has 0 aliphatic heterocycles. The number of aryl methyl sites for hydroxylation is 1. The molecule has 0 saturated heterocycles. The van der Waals surface area contributed by atoms with E-state index < -0.39 is 17.2 Å². The molecule has 0 fully saturated rings. The number of carbonyl (C=O) groups excluding carboxylic acids is 1. The quantitative estimate of drug-likeness (QED) is 0.709. The van der Waals surface area contributed by atoms with Gasteiger partial charge in [-0.3, -0.25) is 23.7 Å². The van der Waals surface area contributed by atoms with Gasteiger partial charge < -0.3 is 5.32 Å². The van der Waals surface area contributed by atoms with E-state index in [0.717, 1.165) is 21.3 Å². The van der Waals surface area contributed by atoms with Crippen molar-refractivity contribution < 1.29 is 4.79 Å². The van der Waals surface area contributed by atoms with Gasteiger partial charge in [0.1, 0.15) is 6.54 Å². The second kappa shape index (κ2) is 8.27. The maximum Gasteiger partial charge on any atom is 0.331 e. The molecule has 7 heteroatoms. The fourth-order valence-electron chi connectivity index (χ4n) is 2.70. The smallest absolute Gasteiger partial charge is 0.331 e. The predicted octanol–water partition coefficient (Wildman–Crippen LogP) is 1.08. The Hall–Kier alpha value is -3.48. The average Bonchev–Trinajstić information content (AvgIpc) is 2.68. The molecule has 0 radical (unpaired) electrons. The van der Waals surface area contributed by atoms with Crippen LogP contribution in [0.15, 0.2) is 70.6 Å². The van der Waals surface area contributed by atoms with Crippen LogP contribution < -0.4 is 16.6 Å². The molecule has 0 saturated carbocycles. The lowest BCUT2D eigenvalue weighted by atomic mass is 10.1. The first-order valence-corrected chi connectivity index (χ1v) is 8.55. The first-order valence-electron chi connectivity index (χ1n) is 8.55. The maximum atomic E-state index is 12.7. The van der Waals surface area contributed by atoms with E-state index in [1.807, 2.05) is 37.3 Å². The van der Waals surface area contributed by atoms with Gasteiger partial charge in [-0.15, -0.1) is 0 Å². The first-order chi connectivity index (χ1) is 13.0. The topological polar surface area (TPSA) is 86.0 Å². The summed E-state index contributed by atoms with van der Waals surface area (Å²) in [6, 6.07) is 12.6. The summed E-state index contributed by atoms with van der Waals surface area (Å²) in [4.78, 5) is 40.9. The number of benzene rings is 1. The van der Waals surface area contributed by atoms with Gasteiger partial charge in [-0.2, -0.15) is 0 Å². The molecule has 2 aromatic heterocycles. The second-order valence-electron chi connectivity index (χ2n) is 6.22. The monoisotopic (exact) mass is 364 g/mol. The summed E-state index contributed by atoms with van der Waals surface area (Å²) in [6.07, 6.45) is 4.75. The minimum atomic E-state index is -0.512. The molecule has 2 heterocycles. The number of hydrogen-bond donors (Lipinski definition) is 1. The minimum absolute atomic E-state index is 0.283. The van der Waals surface area contributed by atoms with Crippen molar-refractivity contribution in [3.8, 4) is 0 Å². The molecule has 3 rings (SSSR count). The fraction of sp³-hybridized carbons (Fsp3) is 0.200. The molecule has 1 aromatic carbocycles. The van der Waals surface area contributed by atoms with E-state index in [9.17, 15) is 14.4 Å². The summed E-state index contributed by atoms with van der Waals surface area (Å²) in [5.41, 5.74) is 1.85. The molecular formula is C20H20N4O3. The van der Waals surface area contributed by atoms with Crippen LogP contribution in [0.25, 0.3) is 0 Å². The highest BCUT2D eigenvalue weighted by Gasteiger charge is 2.11. The fourth-order valence-corrected chi connectivity index (χ4v) is 2.70. The lowest BCUT2D eigenvalue weighted by molar-refractivity contribution is -0.121. The average molecular weight is 364 g/mol. The SMILES string of the molecule is Cc1ccccc1Cn1ccc(=O)n(CC(=O)NCc2cccnc2)c1=O. The zero-order chi connectivity index (χ0) is 19.2. The largest absolute Gasteiger partial charge is 0.350 e. The van der Waals surface area contributed by atoms with E-state index in [1.54, 1.807) is 18.5 Å². The number of amides is 1. The van der Waals surface area contributed by atoms with Gasteiger partial charge in [0.2, 0.25) is 5.91 Å². The van der Waals surface area contributed by atoms with Crippen LogP contribution in [0.5, 0.6) is 0 Å². The summed E-state index contributed by atoms with van der Waals surface area (Å²) in [6.45, 7) is 2.25. The van der Waals surface area contributed by atoms with Crippen molar-refractivity contribution in [2.24, 2.45) is 0 Å². The molecule has 7 nitrogen and oxygen atoms in total. The van der Waals surface area contributed by atoms with Crippen LogP contribution >= 0.6 is 0 Å². The highest BCUT2D eigenvalue weighted by Crippen LogP contribution is 2.07. The van der Waals surface area contributed by atoms with E-state index in [-0.39, 0.29) is 13.1 Å². The molecule has 1 N–H and O–H groups in total. The second-order valence-corrected chi connectivity index (χ2v) is 6.22. The van der Waals surface area contributed by atoms with Crippen molar-refractivity contribution in [3.63, 3.8) is 0 Å². The molecule has 0 unspecified atom stereocenters. The Morgan fingerprint density at radius 3 is 2.67 bits per heavy atom. The van der Waals surface area contributed by atoms with Crippen LogP contribution in [0, 0.1) is 6.92 Å². The van der Waals surface area contributed by atoms with Crippen LogP contribution in [-0.2, 0) is 24.4 Å². The maximum absolute atomic E-state index is 12.7. The summed E-state index contributed by atoms with van der Waals surface area (Å²) >= 11 is 0. The standard InChI is InChI=1S/C20H20N4O3/c1-15-5-2-3-7-17(15)13-23-10-8-19(26)24(20(23)27)14-18(25)22-12-16-6-4-9-21-11-16/h2-11H,12-14H2,1H3,(H,22,25). The Labute approximate surface area is 155 Å². The van der Waals surface area contributed by atoms with Crippen molar-refractivity contribution in [1.29, 1.82) is 0 Å². The third-order valence-electron chi connectivity index (χ3n) is 4.26. The highest BCUT2D eigenvalue weighted by atomic mass is 16.2. The third kappa shape index (κ3) is 4.58. The molecule has 0 bridgehead atoms. The van der Waals surface area contributed by atoms with Crippen LogP contribution in [0.2, 0.25) is 0 Å². The van der Waals surface area contributed by atoms with Crippen LogP contribution in [0.3, 0.4) is 0 Å². The Morgan fingerprint density at radius 2 is 1.93 bits per heavy atom. The number of hydrogen-bond acceptors (Lipinski definition) is 4. The van der Waals surface area contributed by atoms with E-state index in [1.165, 1.54) is 16.8 Å². The highest BCUT2D eigenvalue weighted by molar-refractivity contribution is 5.75. The first kappa shape index (κ1) is 18.3. The number of pyridine rings is 1. The number of nitrogens with zero attached hydrogens (tertiary/aromatic N) is 3. The Balaban J connectivity index is 1.75. The van der Waals surface area contributed by atoms with Crippen LogP contribution in [0.1, 0.15) is 16.7 Å². The molecular weight excluding hydrogens is 344 g/mol. The van der Waals surface area contributed by atoms with E-state index >= 15 is 0 Å². The van der Waals surface area contributed by atoms with Gasteiger partial charge in [-0.25, -0.2) is 4.79 Å². The van der Waals surface area contributed by atoms with Crippen LogP contribution in [0.4, 0.5) is 0 Å². The summed E-state index contributed by atoms with van der Waals surface area (Å²) in [5.74, 6) is -0.410. The molecule has 0 aliphatic carbocycles. The Bertz CT molecular complexity index is 1050. The zero-order valence-electron chi connectivity index (χ0n) is 15.0. The molecule has 1 amide bonds. The summed E-state index contributed by atoms with van der Waals surface area (Å²) in [5, 5.41) is 2.69. The van der Waals surface area contributed by atoms with Gasteiger partial charge in [-0.1, -0.05) is 30.3 Å². The molecule has 0 aliphatic rings.